The van der Waals surface area contributed by atoms with Gasteiger partial charge in [0.25, 0.3) is 0 Å². The summed E-state index contributed by atoms with van der Waals surface area (Å²) < 4.78 is 0. The summed E-state index contributed by atoms with van der Waals surface area (Å²) in [4.78, 5) is 14.7. The Bertz CT molecular complexity index is 357. The first-order chi connectivity index (χ1) is 8.06. The average molecular weight is 256 g/mol. The standard InChI is InChI=1S/C10H20N6S/c1-7(17-5)6-12-9-13-8(11-2)14-10(15-9)16(3)4/h7H,6H2,1-5H3,(H2,11,12,13,14,15). The van der Waals surface area contributed by atoms with Crippen molar-refractivity contribution in [1.29, 1.82) is 0 Å². The van der Waals surface area contributed by atoms with Crippen LogP contribution >= 0.6 is 11.8 Å². The predicted molar refractivity (Wildman–Crippen MR) is 75.2 cm³/mol. The minimum Gasteiger partial charge on any atom is -0.357 e. The van der Waals surface area contributed by atoms with Gasteiger partial charge in [-0.1, -0.05) is 6.92 Å². The lowest BCUT2D eigenvalue weighted by Crippen LogP contribution is -2.19. The van der Waals surface area contributed by atoms with Crippen molar-refractivity contribution in [2.45, 2.75) is 12.2 Å². The van der Waals surface area contributed by atoms with Crippen molar-refractivity contribution in [3.63, 3.8) is 0 Å². The van der Waals surface area contributed by atoms with Gasteiger partial charge < -0.3 is 15.5 Å². The molecule has 1 aromatic heterocycles. The smallest absolute Gasteiger partial charge is 0.231 e. The van der Waals surface area contributed by atoms with Crippen molar-refractivity contribution in [1.82, 2.24) is 15.0 Å². The second-order valence-corrected chi connectivity index (χ2v) is 5.13. The molecule has 1 rings (SSSR count). The molecular formula is C10H20N6S. The van der Waals surface area contributed by atoms with Gasteiger partial charge in [-0.05, 0) is 6.26 Å². The van der Waals surface area contributed by atoms with E-state index in [0.29, 0.717) is 23.1 Å². The molecular weight excluding hydrogens is 236 g/mol. The fraction of sp³-hybridized carbons (Fsp3) is 0.700. The second-order valence-electron chi connectivity index (χ2n) is 3.85. The Morgan fingerprint density at radius 2 is 1.88 bits per heavy atom. The first-order valence-electron chi connectivity index (χ1n) is 5.44. The van der Waals surface area contributed by atoms with Gasteiger partial charge in [0.15, 0.2) is 0 Å². The lowest BCUT2D eigenvalue weighted by atomic mass is 10.5. The third-order valence-electron chi connectivity index (χ3n) is 2.20. The van der Waals surface area contributed by atoms with Crippen LogP contribution in [0.25, 0.3) is 0 Å². The summed E-state index contributed by atoms with van der Waals surface area (Å²) in [5.41, 5.74) is 0. The van der Waals surface area contributed by atoms with E-state index in [1.54, 1.807) is 18.8 Å². The van der Waals surface area contributed by atoms with Crippen LogP contribution in [0.4, 0.5) is 17.8 Å². The topological polar surface area (TPSA) is 66.0 Å². The van der Waals surface area contributed by atoms with Crippen LogP contribution in [0.2, 0.25) is 0 Å². The quantitative estimate of drug-likeness (QED) is 0.791. The van der Waals surface area contributed by atoms with E-state index in [2.05, 4.69) is 38.8 Å². The molecule has 0 fully saturated rings. The molecule has 0 aliphatic rings. The van der Waals surface area contributed by atoms with E-state index in [1.807, 2.05) is 19.0 Å². The van der Waals surface area contributed by atoms with E-state index >= 15 is 0 Å². The van der Waals surface area contributed by atoms with Gasteiger partial charge in [0, 0.05) is 32.9 Å². The normalized spacial score (nSPS) is 12.1. The molecule has 0 spiro atoms. The maximum Gasteiger partial charge on any atom is 0.231 e. The minimum absolute atomic E-state index is 0.521. The van der Waals surface area contributed by atoms with Crippen molar-refractivity contribution < 1.29 is 0 Å². The highest BCUT2D eigenvalue weighted by atomic mass is 32.2. The number of hydrogen-bond acceptors (Lipinski definition) is 7. The Balaban J connectivity index is 2.80. The molecule has 17 heavy (non-hydrogen) atoms. The van der Waals surface area contributed by atoms with E-state index in [9.17, 15) is 0 Å². The molecule has 0 saturated carbocycles. The van der Waals surface area contributed by atoms with Crippen LogP contribution < -0.4 is 15.5 Å². The average Bonchev–Trinajstić information content (AvgIpc) is 2.35. The summed E-state index contributed by atoms with van der Waals surface area (Å²) in [7, 11) is 5.61. The zero-order valence-electron chi connectivity index (χ0n) is 11.0. The van der Waals surface area contributed by atoms with Crippen LogP contribution in [0, 0.1) is 0 Å². The Morgan fingerprint density at radius 3 is 2.41 bits per heavy atom. The first-order valence-corrected chi connectivity index (χ1v) is 6.73. The lowest BCUT2D eigenvalue weighted by Gasteiger charge is -2.14. The lowest BCUT2D eigenvalue weighted by molar-refractivity contribution is 0.927. The van der Waals surface area contributed by atoms with Crippen LogP contribution in [-0.2, 0) is 0 Å². The van der Waals surface area contributed by atoms with Crippen LogP contribution in [0.15, 0.2) is 0 Å². The van der Waals surface area contributed by atoms with E-state index in [4.69, 9.17) is 0 Å². The van der Waals surface area contributed by atoms with E-state index in [1.165, 1.54) is 0 Å². The number of anilines is 3. The molecule has 0 aliphatic carbocycles. The molecule has 0 aliphatic heterocycles. The van der Waals surface area contributed by atoms with Gasteiger partial charge in [0.2, 0.25) is 17.8 Å². The summed E-state index contributed by atoms with van der Waals surface area (Å²) in [6.45, 7) is 2.99. The highest BCUT2D eigenvalue weighted by molar-refractivity contribution is 7.99. The van der Waals surface area contributed by atoms with E-state index in [-0.39, 0.29) is 0 Å². The molecule has 6 nitrogen and oxygen atoms in total. The van der Waals surface area contributed by atoms with Gasteiger partial charge in [-0.25, -0.2) is 0 Å². The monoisotopic (exact) mass is 256 g/mol. The molecule has 2 N–H and O–H groups in total. The molecule has 0 aromatic carbocycles. The number of nitrogens with zero attached hydrogens (tertiary/aromatic N) is 4. The van der Waals surface area contributed by atoms with Crippen LogP contribution in [-0.4, -0.2) is 54.1 Å². The molecule has 0 amide bonds. The summed E-state index contributed by atoms with van der Waals surface area (Å²) >= 11 is 1.80. The van der Waals surface area contributed by atoms with Gasteiger partial charge in [-0.15, -0.1) is 0 Å². The van der Waals surface area contributed by atoms with Crippen molar-refractivity contribution in [2.75, 3.05) is 49.5 Å². The maximum absolute atomic E-state index is 4.33. The molecule has 1 atom stereocenters. The summed E-state index contributed by atoms with van der Waals surface area (Å²) in [5, 5.41) is 6.67. The van der Waals surface area contributed by atoms with E-state index < -0.39 is 0 Å². The van der Waals surface area contributed by atoms with Gasteiger partial charge in [0.05, 0.1) is 0 Å². The SMILES string of the molecule is CNc1nc(NCC(C)SC)nc(N(C)C)n1. The fourth-order valence-electron chi connectivity index (χ4n) is 1.07. The largest absolute Gasteiger partial charge is 0.357 e. The molecule has 1 unspecified atom stereocenters. The third kappa shape index (κ3) is 4.26. The molecule has 7 heteroatoms. The van der Waals surface area contributed by atoms with Crippen molar-refractivity contribution in [3.05, 3.63) is 0 Å². The number of rotatable bonds is 6. The number of aromatic nitrogens is 3. The van der Waals surface area contributed by atoms with Gasteiger partial charge >= 0.3 is 0 Å². The second kappa shape index (κ2) is 6.48. The molecule has 0 radical (unpaired) electrons. The van der Waals surface area contributed by atoms with Crippen molar-refractivity contribution in [2.24, 2.45) is 0 Å². The molecule has 1 aromatic rings. The van der Waals surface area contributed by atoms with Gasteiger partial charge in [0.1, 0.15) is 0 Å². The van der Waals surface area contributed by atoms with Gasteiger partial charge in [-0.3, -0.25) is 0 Å². The predicted octanol–water partition coefficient (Wildman–Crippen LogP) is 1.14. The Hall–Kier alpha value is -1.24. The Morgan fingerprint density at radius 1 is 1.24 bits per heavy atom. The number of nitrogens with one attached hydrogen (secondary N) is 2. The van der Waals surface area contributed by atoms with E-state index in [0.717, 1.165) is 6.54 Å². The Kier molecular flexibility index (Phi) is 5.27. The number of hydrogen-bond donors (Lipinski definition) is 2. The summed E-state index contributed by atoms with van der Waals surface area (Å²) in [6.07, 6.45) is 2.09. The molecule has 0 bridgehead atoms. The van der Waals surface area contributed by atoms with Crippen LogP contribution in [0.1, 0.15) is 6.92 Å². The summed E-state index contributed by atoms with van der Waals surface area (Å²) in [5.74, 6) is 1.82. The van der Waals surface area contributed by atoms with Crippen molar-refractivity contribution >= 4 is 29.6 Å². The molecule has 0 saturated heterocycles. The first kappa shape index (κ1) is 13.8. The zero-order valence-corrected chi connectivity index (χ0v) is 11.8. The van der Waals surface area contributed by atoms with Gasteiger partial charge in [-0.2, -0.15) is 26.7 Å². The zero-order chi connectivity index (χ0) is 12.8. The van der Waals surface area contributed by atoms with Crippen LogP contribution in [0.3, 0.4) is 0 Å². The highest BCUT2D eigenvalue weighted by Gasteiger charge is 2.07. The van der Waals surface area contributed by atoms with Crippen LogP contribution in [0.5, 0.6) is 0 Å². The molecule has 1 heterocycles. The summed E-state index contributed by atoms with van der Waals surface area (Å²) in [6, 6.07) is 0. The number of thioether (sulfide) groups is 1. The minimum atomic E-state index is 0.521. The fourth-order valence-corrected chi connectivity index (χ4v) is 1.32. The molecule has 96 valence electrons. The van der Waals surface area contributed by atoms with Crippen molar-refractivity contribution in [3.8, 4) is 0 Å². The Labute approximate surface area is 107 Å². The third-order valence-corrected chi connectivity index (χ3v) is 3.17. The maximum atomic E-state index is 4.33. The highest BCUT2D eigenvalue weighted by Crippen LogP contribution is 2.12.